The summed E-state index contributed by atoms with van der Waals surface area (Å²) >= 11 is 0. The Morgan fingerprint density at radius 1 is 0.473 bits per heavy atom. The average Bonchev–Trinajstić information content (AvgIpc) is 4.15. The first-order valence-electron chi connectivity index (χ1n) is 28.8. The van der Waals surface area contributed by atoms with Gasteiger partial charge in [-0.3, -0.25) is 28.8 Å². The Balaban J connectivity index is 0.822. The maximum Gasteiger partial charge on any atom is 0.246 e. The number of likely N-dealkylation sites (tertiary alicyclic amines) is 2. The van der Waals surface area contributed by atoms with Crippen LogP contribution in [0.1, 0.15) is 164 Å². The van der Waals surface area contributed by atoms with E-state index in [1.807, 2.05) is 0 Å². The largest absolute Gasteiger partial charge is 0.368 e. The van der Waals surface area contributed by atoms with Crippen molar-refractivity contribution in [3.05, 3.63) is 58.7 Å². The smallest absolute Gasteiger partial charge is 0.246 e. The average molecular weight is 1020 g/mol. The van der Waals surface area contributed by atoms with Crippen molar-refractivity contribution in [3.8, 4) is 0 Å². The molecule has 16 nitrogen and oxygen atoms in total. The van der Waals surface area contributed by atoms with E-state index in [0.29, 0.717) is 25.9 Å². The van der Waals surface area contributed by atoms with Crippen LogP contribution in [0.4, 0.5) is 11.4 Å². The van der Waals surface area contributed by atoms with E-state index in [0.717, 1.165) is 164 Å². The van der Waals surface area contributed by atoms with Crippen molar-refractivity contribution < 1.29 is 28.8 Å². The van der Waals surface area contributed by atoms with Crippen molar-refractivity contribution >= 4 is 46.8 Å². The Bertz CT molecular complexity index is 2170. The zero-order chi connectivity index (χ0) is 51.9. The van der Waals surface area contributed by atoms with Crippen LogP contribution in [-0.4, -0.2) is 135 Å². The maximum atomic E-state index is 14.4. The number of piperazine rings is 1. The fraction of sp³-hybridized carbons (Fsp3) is 0.690. The predicted octanol–water partition coefficient (Wildman–Crippen LogP) is 5.33. The summed E-state index contributed by atoms with van der Waals surface area (Å²) < 4.78 is 0. The number of hydrogen-bond donors (Lipinski definition) is 6. The molecule has 0 spiro atoms. The van der Waals surface area contributed by atoms with E-state index >= 15 is 0 Å². The lowest BCUT2D eigenvalue weighted by Crippen LogP contribution is -2.58. The molecule has 2 aromatic rings. The van der Waals surface area contributed by atoms with Crippen molar-refractivity contribution in [2.24, 2.45) is 11.8 Å². The zero-order valence-electron chi connectivity index (χ0n) is 44.9. The molecule has 2 saturated carbocycles. The molecular weight excluding hydrogens is 933 g/mol. The van der Waals surface area contributed by atoms with Gasteiger partial charge in [0.1, 0.15) is 24.2 Å². The van der Waals surface area contributed by atoms with Gasteiger partial charge in [0.15, 0.2) is 0 Å². The highest BCUT2D eigenvalue weighted by Crippen LogP contribution is 2.38. The molecule has 9 rings (SSSR count). The fourth-order valence-electron chi connectivity index (χ4n) is 13.5. The number of anilines is 2. The monoisotopic (exact) mass is 1020 g/mol. The van der Waals surface area contributed by atoms with Gasteiger partial charge in [0, 0.05) is 50.6 Å². The highest BCUT2D eigenvalue weighted by molar-refractivity contribution is 5.95. The van der Waals surface area contributed by atoms with Crippen molar-refractivity contribution in [1.82, 2.24) is 41.7 Å². The van der Waals surface area contributed by atoms with E-state index in [2.05, 4.69) is 78.1 Å². The van der Waals surface area contributed by atoms with Gasteiger partial charge >= 0.3 is 0 Å². The SMILES string of the molecule is CN[C@@H](C)C(=O)N[C@H](C(=O)N1CCC[C@H]1C(=O)N[C@@H]1CCCc2ccc(N3CCN(c4ccc5c(c4)[C@H](NC(=O)[C@@H]4CCCN4C(=O)[C@@H](NC(=O)[C@H](C)NC)C4CCCCC4)CCC5)CC3)cc21)C1CCCCC1. The lowest BCUT2D eigenvalue weighted by Gasteiger charge is -2.39. The molecule has 0 bridgehead atoms. The highest BCUT2D eigenvalue weighted by Gasteiger charge is 2.44. The molecule has 16 heteroatoms. The Kier molecular flexibility index (Phi) is 17.8. The molecule has 3 aliphatic heterocycles. The van der Waals surface area contributed by atoms with Gasteiger partial charge in [-0.25, -0.2) is 0 Å². The van der Waals surface area contributed by atoms with Crippen LogP contribution in [0.5, 0.6) is 0 Å². The lowest BCUT2D eigenvalue weighted by atomic mass is 9.83. The van der Waals surface area contributed by atoms with Crippen LogP contribution in [0, 0.1) is 11.8 Å². The van der Waals surface area contributed by atoms with E-state index in [1.54, 1.807) is 37.7 Å². The topological polar surface area (TPSA) is 188 Å². The third-order valence-corrected chi connectivity index (χ3v) is 18.2. The minimum Gasteiger partial charge on any atom is -0.368 e. The highest BCUT2D eigenvalue weighted by atomic mass is 16.2. The maximum absolute atomic E-state index is 14.4. The minimum atomic E-state index is -0.629. The molecule has 2 aromatic carbocycles. The van der Waals surface area contributed by atoms with Crippen molar-refractivity contribution in [2.45, 2.75) is 191 Å². The molecular formula is C58H86N10O6. The first-order chi connectivity index (χ1) is 35.9. The number of carbonyl (C=O) groups is 6. The van der Waals surface area contributed by atoms with Gasteiger partial charge in [0.25, 0.3) is 0 Å². The Morgan fingerprint density at radius 3 is 1.24 bits per heavy atom. The van der Waals surface area contributed by atoms with E-state index in [9.17, 15) is 28.8 Å². The normalized spacial score (nSPS) is 25.2. The fourth-order valence-corrected chi connectivity index (χ4v) is 13.5. The second-order valence-corrected chi connectivity index (χ2v) is 22.8. The number of benzene rings is 2. The van der Waals surface area contributed by atoms with Gasteiger partial charge in [-0.15, -0.1) is 0 Å². The summed E-state index contributed by atoms with van der Waals surface area (Å²) in [5.41, 5.74) is 7.15. The van der Waals surface area contributed by atoms with Crippen LogP contribution in [0.3, 0.4) is 0 Å². The summed E-state index contributed by atoms with van der Waals surface area (Å²) in [7, 11) is 3.49. The van der Waals surface area contributed by atoms with Gasteiger partial charge in [-0.1, -0.05) is 50.7 Å². The molecule has 6 amide bonds. The van der Waals surface area contributed by atoms with Gasteiger partial charge in [0.2, 0.25) is 35.4 Å². The predicted molar refractivity (Wildman–Crippen MR) is 288 cm³/mol. The molecule has 0 unspecified atom stereocenters. The Hall–Kier alpha value is -5.22. The summed E-state index contributed by atoms with van der Waals surface area (Å²) in [5.74, 6) is -0.690. The van der Waals surface area contributed by atoms with Gasteiger partial charge in [-0.05, 0) is 176 Å². The van der Waals surface area contributed by atoms with E-state index < -0.39 is 36.3 Å². The second-order valence-electron chi connectivity index (χ2n) is 22.8. The van der Waals surface area contributed by atoms with Gasteiger partial charge < -0.3 is 51.5 Å². The van der Waals surface area contributed by atoms with Crippen LogP contribution in [0.2, 0.25) is 0 Å². The number of aryl methyl sites for hydroxylation is 2. The zero-order valence-corrected chi connectivity index (χ0v) is 44.9. The van der Waals surface area contributed by atoms with E-state index in [4.69, 9.17) is 0 Å². The third kappa shape index (κ3) is 12.1. The summed E-state index contributed by atoms with van der Waals surface area (Å²) in [6, 6.07) is 9.99. The van der Waals surface area contributed by atoms with Crippen LogP contribution < -0.4 is 41.7 Å². The van der Waals surface area contributed by atoms with Crippen molar-refractivity contribution in [1.29, 1.82) is 0 Å². The van der Waals surface area contributed by atoms with Gasteiger partial charge in [0.05, 0.1) is 24.2 Å². The molecule has 0 radical (unpaired) electrons. The molecule has 6 N–H and O–H groups in total. The Morgan fingerprint density at radius 2 is 0.865 bits per heavy atom. The van der Waals surface area contributed by atoms with Crippen LogP contribution in [0.15, 0.2) is 36.4 Å². The molecule has 7 aliphatic rings. The first-order valence-corrected chi connectivity index (χ1v) is 28.8. The minimum absolute atomic E-state index is 0.0683. The quantitative estimate of drug-likeness (QED) is 0.128. The molecule has 5 fully saturated rings. The molecule has 3 saturated heterocycles. The molecule has 74 heavy (non-hydrogen) atoms. The van der Waals surface area contributed by atoms with Crippen LogP contribution in [-0.2, 0) is 41.6 Å². The number of rotatable bonds is 16. The third-order valence-electron chi connectivity index (χ3n) is 18.2. The molecule has 3 heterocycles. The number of fused-ring (bicyclic) bond motifs is 2. The summed E-state index contributed by atoms with van der Waals surface area (Å²) in [4.78, 5) is 92.0. The standard InChI is InChI=1S/C58H86N10O6/c1-37(59-3)53(69)63-51(41-15-7-5-8-16-41)57(73)67-29-13-23-49(67)55(71)61-47-21-11-19-39-25-27-43(35-45(39)47)65-31-33-66(34-32-65)44-28-26-40-20-12-22-48(46(40)36-44)62-56(72)50-24-14-30-68(50)58(74)52(42-17-9-6-10-18-42)64-54(70)38(2)60-4/h25-28,35-38,41-42,47-52,59-60H,5-24,29-34H2,1-4H3,(H,61,71)(H,62,72)(H,63,69)(H,64,70)/t37-,38-,47+,48+,49-,50-,51-,52-/m0/s1. The molecule has 0 aromatic heterocycles. The number of nitrogens with one attached hydrogen (secondary N) is 6. The number of carbonyl (C=O) groups excluding carboxylic acids is 6. The summed E-state index contributed by atoms with van der Waals surface area (Å²) in [6.45, 7) is 7.97. The first kappa shape index (κ1) is 53.6. The van der Waals surface area contributed by atoms with Crippen LogP contribution >= 0.6 is 0 Å². The van der Waals surface area contributed by atoms with Crippen LogP contribution in [0.25, 0.3) is 0 Å². The van der Waals surface area contributed by atoms with Crippen molar-refractivity contribution in [2.75, 3.05) is 63.2 Å². The summed E-state index contributed by atoms with van der Waals surface area (Å²) in [6.07, 6.45) is 18.4. The summed E-state index contributed by atoms with van der Waals surface area (Å²) in [5, 5.41) is 19.0. The molecule has 404 valence electrons. The van der Waals surface area contributed by atoms with E-state index in [-0.39, 0.29) is 59.4 Å². The number of likely N-dealkylation sites (N-methyl/N-ethyl adjacent to an activating group) is 2. The lowest BCUT2D eigenvalue weighted by molar-refractivity contribution is -0.143. The number of hydrogen-bond acceptors (Lipinski definition) is 10. The van der Waals surface area contributed by atoms with Crippen molar-refractivity contribution in [3.63, 3.8) is 0 Å². The van der Waals surface area contributed by atoms with E-state index in [1.165, 1.54) is 11.1 Å². The molecule has 8 atom stereocenters. The molecule has 4 aliphatic carbocycles. The Labute approximate surface area is 440 Å². The number of nitrogens with zero attached hydrogens (tertiary/aromatic N) is 4. The second kappa shape index (κ2) is 24.6. The van der Waals surface area contributed by atoms with Gasteiger partial charge in [-0.2, -0.15) is 0 Å². The number of amides is 6.